The predicted molar refractivity (Wildman–Crippen MR) is 300 cm³/mol. The molecule has 2 aromatic heterocycles. The number of amides is 1. The van der Waals surface area contributed by atoms with Crippen LogP contribution in [0.5, 0.6) is 23.0 Å². The Hall–Kier alpha value is -8.22. The van der Waals surface area contributed by atoms with Crippen LogP contribution in [0.25, 0.3) is 10.2 Å². The average molecular weight is 1160 g/mol. The maximum atomic E-state index is 14.7. The molecule has 8 rings (SSSR count). The Balaban J connectivity index is 0.916. The molecule has 20 nitrogen and oxygen atoms in total. The van der Waals surface area contributed by atoms with E-state index in [0.717, 1.165) is 16.9 Å². The Bertz CT molecular complexity index is 3630. The van der Waals surface area contributed by atoms with E-state index in [2.05, 4.69) is 25.3 Å². The second-order valence-corrected chi connectivity index (χ2v) is 23.5. The van der Waals surface area contributed by atoms with Crippen molar-refractivity contribution < 1.29 is 63.8 Å². The number of thiazole rings is 1. The molecular formula is C58H60N6O14S3. The van der Waals surface area contributed by atoms with Crippen molar-refractivity contribution in [1.29, 1.82) is 0 Å². The maximum absolute atomic E-state index is 14.7. The quantitative estimate of drug-likeness (QED) is 0.0297. The van der Waals surface area contributed by atoms with Gasteiger partial charge in [-0.2, -0.15) is 13.1 Å². The minimum absolute atomic E-state index is 0.0383. The van der Waals surface area contributed by atoms with Gasteiger partial charge in [0.15, 0.2) is 6.10 Å². The fraction of sp³-hybridized carbons (Fsp3) is 0.276. The van der Waals surface area contributed by atoms with Gasteiger partial charge >= 0.3 is 11.9 Å². The molecule has 23 heteroatoms. The van der Waals surface area contributed by atoms with Crippen LogP contribution in [0.1, 0.15) is 60.3 Å². The summed E-state index contributed by atoms with van der Waals surface area (Å²) < 4.78 is 98.1. The van der Waals surface area contributed by atoms with Crippen LogP contribution >= 0.6 is 11.3 Å². The van der Waals surface area contributed by atoms with Gasteiger partial charge < -0.3 is 33.7 Å². The van der Waals surface area contributed by atoms with Crippen molar-refractivity contribution in [3.05, 3.63) is 185 Å². The van der Waals surface area contributed by atoms with E-state index < -0.39 is 68.3 Å². The Morgan fingerprint density at radius 3 is 1.91 bits per heavy atom. The number of hydrogen-bond donors (Lipinski definition) is 2. The third-order valence-corrected chi connectivity index (χ3v) is 17.0. The number of carbonyl (C=O) groups is 3. The minimum atomic E-state index is -4.35. The third kappa shape index (κ3) is 14.4. The monoisotopic (exact) mass is 1160 g/mol. The van der Waals surface area contributed by atoms with Crippen LogP contribution in [-0.2, 0) is 66.7 Å². The highest BCUT2D eigenvalue weighted by atomic mass is 32.2. The van der Waals surface area contributed by atoms with Crippen molar-refractivity contribution in [2.75, 3.05) is 34.5 Å². The summed E-state index contributed by atoms with van der Waals surface area (Å²) in [4.78, 5) is 43.5. The van der Waals surface area contributed by atoms with E-state index in [1.54, 1.807) is 99.3 Å². The number of aromatic nitrogens is 4. The summed E-state index contributed by atoms with van der Waals surface area (Å²) in [6, 6.07) is 39.3. The summed E-state index contributed by atoms with van der Waals surface area (Å²) in [6.07, 6.45) is 0.546. The van der Waals surface area contributed by atoms with Crippen LogP contribution in [0.4, 0.5) is 0 Å². The van der Waals surface area contributed by atoms with Crippen LogP contribution in [0.3, 0.4) is 0 Å². The predicted octanol–water partition coefficient (Wildman–Crippen LogP) is 7.88. The lowest BCUT2D eigenvalue weighted by atomic mass is 9.78. The fourth-order valence-electron chi connectivity index (χ4n) is 8.81. The van der Waals surface area contributed by atoms with Crippen molar-refractivity contribution in [2.24, 2.45) is 5.92 Å². The zero-order valence-electron chi connectivity index (χ0n) is 45.3. The molecule has 0 fully saturated rings. The summed E-state index contributed by atoms with van der Waals surface area (Å²) in [5.74, 6) is -0.251. The highest BCUT2D eigenvalue weighted by molar-refractivity contribution is 7.91. The number of carbonyl (C=O) groups excluding carboxylic acids is 3. The van der Waals surface area contributed by atoms with Gasteiger partial charge in [-0.15, -0.1) is 16.4 Å². The summed E-state index contributed by atoms with van der Waals surface area (Å²) in [5, 5.41) is 11.3. The van der Waals surface area contributed by atoms with E-state index in [9.17, 15) is 31.2 Å². The maximum Gasteiger partial charge on any atom is 0.328 e. The second kappa shape index (κ2) is 25.9. The number of hydrogen-bond acceptors (Lipinski definition) is 18. The first-order chi connectivity index (χ1) is 38.8. The molecule has 0 bridgehead atoms. The van der Waals surface area contributed by atoms with Gasteiger partial charge in [0.25, 0.3) is 20.1 Å². The second-order valence-electron chi connectivity index (χ2n) is 19.0. The van der Waals surface area contributed by atoms with Gasteiger partial charge in [-0.25, -0.2) is 22.9 Å². The zero-order valence-corrected chi connectivity index (χ0v) is 47.8. The smallest absolute Gasteiger partial charge is 0.328 e. The zero-order chi connectivity index (χ0) is 57.9. The molecule has 0 aliphatic rings. The molecule has 81 heavy (non-hydrogen) atoms. The molecule has 0 saturated heterocycles. The number of esters is 2. The number of ether oxygens (including phenoxy) is 6. The molecule has 0 spiro atoms. The van der Waals surface area contributed by atoms with Crippen LogP contribution in [0.2, 0.25) is 0 Å². The first kappa shape index (κ1) is 58.9. The van der Waals surface area contributed by atoms with Gasteiger partial charge in [0.1, 0.15) is 66.1 Å². The first-order valence-electron chi connectivity index (χ1n) is 25.4. The molecule has 2 heterocycles. The molecule has 0 aliphatic carbocycles. The molecule has 424 valence electrons. The van der Waals surface area contributed by atoms with E-state index in [4.69, 9.17) is 32.6 Å². The van der Waals surface area contributed by atoms with Crippen molar-refractivity contribution in [1.82, 2.24) is 30.0 Å². The number of benzene rings is 6. The number of sulfonamides is 1. The molecule has 0 radical (unpaired) electrons. The van der Waals surface area contributed by atoms with Gasteiger partial charge in [0.2, 0.25) is 10.2 Å². The molecule has 6 aromatic carbocycles. The van der Waals surface area contributed by atoms with Gasteiger partial charge in [-0.05, 0) is 102 Å². The summed E-state index contributed by atoms with van der Waals surface area (Å²) in [5.41, 5.74) is 2.80. The number of methoxy groups -OCH3 is 3. The van der Waals surface area contributed by atoms with E-state index >= 15 is 0 Å². The molecular weight excluding hydrogens is 1100 g/mol. The topological polar surface area (TPSA) is 252 Å². The van der Waals surface area contributed by atoms with Gasteiger partial charge in [0, 0.05) is 13.3 Å². The summed E-state index contributed by atoms with van der Waals surface area (Å²) in [7, 11) is -4.16. The van der Waals surface area contributed by atoms with Crippen molar-refractivity contribution in [2.45, 2.75) is 73.7 Å². The number of fused-ring (bicyclic) bond motifs is 1. The van der Waals surface area contributed by atoms with Crippen LogP contribution < -0.4 is 29.0 Å². The van der Waals surface area contributed by atoms with E-state index in [-0.39, 0.29) is 34.8 Å². The fourth-order valence-corrected chi connectivity index (χ4v) is 12.4. The number of rotatable bonds is 26. The Morgan fingerprint density at radius 1 is 0.716 bits per heavy atom. The molecule has 3 atom stereocenters. The minimum Gasteiger partial charge on any atom is -0.497 e. The largest absolute Gasteiger partial charge is 0.497 e. The highest BCUT2D eigenvalue weighted by Crippen LogP contribution is 2.41. The lowest BCUT2D eigenvalue weighted by Crippen LogP contribution is -2.47. The van der Waals surface area contributed by atoms with Crippen LogP contribution in [-0.4, -0.2) is 101 Å². The van der Waals surface area contributed by atoms with Gasteiger partial charge in [-0.1, -0.05) is 103 Å². The number of aryl methyl sites for hydroxylation is 1. The van der Waals surface area contributed by atoms with Crippen molar-refractivity contribution in [3.8, 4) is 23.0 Å². The Morgan fingerprint density at radius 2 is 1.32 bits per heavy atom. The van der Waals surface area contributed by atoms with E-state index in [1.165, 1.54) is 30.8 Å². The SMILES string of the molecule is COC(=O)C(Cc1ccc(OCC(COS(=O)(=O)c2ccc(C)cc2)OC(C)=O)cc1)NC(=O)[C@H](C(C)C)n1cc(COc2ccc3nc(S(=O)(=O)NC(c4ccccc4)(c4ccc(OC)cc4)c4ccc(OC)cc4)sc3c2)nn1. The molecule has 0 aliphatic heterocycles. The normalized spacial score (nSPS) is 13.0. The van der Waals surface area contributed by atoms with E-state index in [1.807, 2.05) is 75.4 Å². The highest BCUT2D eigenvalue weighted by Gasteiger charge is 2.42. The Kier molecular flexibility index (Phi) is 18.9. The van der Waals surface area contributed by atoms with E-state index in [0.29, 0.717) is 61.2 Å². The molecule has 0 saturated carbocycles. The van der Waals surface area contributed by atoms with Crippen LogP contribution in [0.15, 0.2) is 161 Å². The lowest BCUT2D eigenvalue weighted by Gasteiger charge is -2.36. The van der Waals surface area contributed by atoms with Gasteiger partial charge in [0.05, 0.1) is 42.6 Å². The third-order valence-electron chi connectivity index (χ3n) is 12.9. The molecule has 1 amide bonds. The molecule has 2 unspecified atom stereocenters. The summed E-state index contributed by atoms with van der Waals surface area (Å²) >= 11 is 0.978. The Labute approximate surface area is 473 Å². The van der Waals surface area contributed by atoms with Gasteiger partial charge in [-0.3, -0.25) is 13.8 Å². The average Bonchev–Trinajstić information content (AvgIpc) is 4.16. The number of nitrogens with one attached hydrogen (secondary N) is 2. The molecule has 8 aromatic rings. The first-order valence-corrected chi connectivity index (χ1v) is 29.1. The lowest BCUT2D eigenvalue weighted by molar-refractivity contribution is -0.149. The standard InChI is InChI=1S/C58H60N6O14S3/c1-37(2)54(55(66)59-52(56(67)74-7)31-40-15-21-47(22-16-40)76-35-49(78-39(4)65)36-77-81(70,71)50-28-13-38(3)14-29-50)64-33-44(61-63-64)34-75-48-27-30-51-53(32-48)79-57(60-51)80(68,69)62-58(41-11-9-8-10-12-41,42-17-23-45(72-5)24-18-42)43-19-25-46(73-6)26-20-43/h8-30,32-33,37,49,52,54,62H,31,34-36H2,1-7H3,(H,59,66)/t49?,52?,54-/m0/s1. The number of nitrogens with zero attached hydrogens (tertiary/aromatic N) is 4. The van der Waals surface area contributed by atoms with Crippen molar-refractivity contribution in [3.63, 3.8) is 0 Å². The molecule has 2 N–H and O–H groups in total. The van der Waals surface area contributed by atoms with Crippen molar-refractivity contribution >= 4 is 59.5 Å². The van der Waals surface area contributed by atoms with Crippen LogP contribution in [0, 0.1) is 12.8 Å². The summed E-state index contributed by atoms with van der Waals surface area (Å²) in [6.45, 7) is 5.86.